The van der Waals surface area contributed by atoms with Gasteiger partial charge in [-0.15, -0.1) is 0 Å². The zero-order chi connectivity index (χ0) is 22.9. The number of ether oxygens (including phenoxy) is 1. The third-order valence-corrected chi connectivity index (χ3v) is 7.30. The minimum Gasteiger partial charge on any atom is -0.492 e. The summed E-state index contributed by atoms with van der Waals surface area (Å²) in [6.45, 7) is 2.13. The fourth-order valence-corrected chi connectivity index (χ4v) is 5.33. The van der Waals surface area contributed by atoms with Gasteiger partial charge in [0.25, 0.3) is 0 Å². The molecule has 0 fully saturated rings. The molecule has 0 bridgehead atoms. The average molecular weight is 480 g/mol. The van der Waals surface area contributed by atoms with Crippen LogP contribution in [0.25, 0.3) is 33.6 Å². The number of aromatic amines is 1. The lowest BCUT2D eigenvalue weighted by atomic mass is 10.2. The summed E-state index contributed by atoms with van der Waals surface area (Å²) in [6.07, 6.45) is 3.25. The molecule has 2 unspecified atom stereocenters. The third kappa shape index (κ3) is 4.07. The maximum absolute atomic E-state index is 12.7. The lowest BCUT2D eigenvalue weighted by Crippen LogP contribution is -2.11. The van der Waals surface area contributed by atoms with E-state index in [9.17, 15) is 8.42 Å². The van der Waals surface area contributed by atoms with Crippen molar-refractivity contribution < 1.29 is 13.2 Å². The molecule has 3 heterocycles. The summed E-state index contributed by atoms with van der Waals surface area (Å²) in [4.78, 5) is 16.6. The first-order valence-corrected chi connectivity index (χ1v) is 13.1. The van der Waals surface area contributed by atoms with Crippen LogP contribution in [0, 0.1) is 6.92 Å². The molecule has 168 valence electrons. The number of aromatic nitrogens is 5. The summed E-state index contributed by atoms with van der Waals surface area (Å²) in [6, 6.07) is 16.9. The van der Waals surface area contributed by atoms with E-state index in [1.165, 1.54) is 0 Å². The monoisotopic (exact) mass is 479 g/mol. The Hall–Kier alpha value is -3.37. The number of hydrogen-bond donors (Lipinski definition) is 1. The van der Waals surface area contributed by atoms with Crippen molar-refractivity contribution in [1.29, 1.82) is 0 Å². The number of nitrogens with zero attached hydrogens (tertiary/aromatic N) is 4. The van der Waals surface area contributed by atoms with Crippen LogP contribution >= 0.6 is 0 Å². The highest BCUT2D eigenvalue weighted by molar-refractivity contribution is 7.84. The van der Waals surface area contributed by atoms with Gasteiger partial charge in [0, 0.05) is 18.0 Å². The number of hydrogen-bond acceptors (Lipinski definition) is 6. The van der Waals surface area contributed by atoms with Crippen LogP contribution in [-0.4, -0.2) is 50.9 Å². The quantitative estimate of drug-likeness (QED) is 0.383. The fraction of sp³-hybridized carbons (Fsp3) is 0.174. The Bertz CT molecular complexity index is 1490. The Morgan fingerprint density at radius 1 is 1.00 bits per heavy atom. The van der Waals surface area contributed by atoms with Gasteiger partial charge in [0.1, 0.15) is 29.0 Å². The molecule has 10 heteroatoms. The van der Waals surface area contributed by atoms with E-state index in [-0.39, 0.29) is 12.4 Å². The highest BCUT2D eigenvalue weighted by Gasteiger charge is 2.19. The van der Waals surface area contributed by atoms with E-state index in [2.05, 4.69) is 19.9 Å². The summed E-state index contributed by atoms with van der Waals surface area (Å²) >= 11 is 0. The van der Waals surface area contributed by atoms with Crippen molar-refractivity contribution in [3.8, 4) is 17.3 Å². The number of fused-ring (bicyclic) bond motifs is 2. The number of benzene rings is 2. The van der Waals surface area contributed by atoms with E-state index in [0.29, 0.717) is 22.4 Å². The van der Waals surface area contributed by atoms with Gasteiger partial charge in [-0.3, -0.25) is 9.19 Å². The molecule has 0 radical (unpaired) electrons. The molecule has 33 heavy (non-hydrogen) atoms. The molecule has 5 aromatic rings. The van der Waals surface area contributed by atoms with Crippen LogP contribution in [0.5, 0.6) is 5.75 Å². The maximum Gasteiger partial charge on any atom is 0.197 e. The molecular formula is C23H21N5O3S2. The smallest absolute Gasteiger partial charge is 0.197 e. The standard InChI is InChI=1S/C23H21N5O3S2/c1-15-20(31-13-14-33(30)23-26-16-7-3-4-8-17(16)27-23)11-12-24-21(15)22-25-18-9-5-6-10-19(18)28(22)32(2)29/h3-12H,13-14H2,1-2H3,(H,26,27). The maximum atomic E-state index is 12.7. The van der Waals surface area contributed by atoms with Crippen molar-refractivity contribution in [2.45, 2.75) is 12.1 Å². The van der Waals surface area contributed by atoms with Crippen LogP contribution in [0.1, 0.15) is 5.56 Å². The number of nitrogens with one attached hydrogen (secondary N) is 1. The topological polar surface area (TPSA) is 103 Å². The molecule has 8 nitrogen and oxygen atoms in total. The number of para-hydroxylation sites is 4. The van der Waals surface area contributed by atoms with E-state index in [4.69, 9.17) is 4.74 Å². The van der Waals surface area contributed by atoms with Crippen molar-refractivity contribution in [3.05, 3.63) is 66.4 Å². The van der Waals surface area contributed by atoms with Crippen molar-refractivity contribution in [2.24, 2.45) is 0 Å². The van der Waals surface area contributed by atoms with Crippen LogP contribution in [0.4, 0.5) is 0 Å². The van der Waals surface area contributed by atoms with Gasteiger partial charge in [-0.25, -0.2) is 18.1 Å². The SMILES string of the molecule is Cc1c(OCCS(=O)c2nc3ccccc3[nH]2)ccnc1-c1nc2ccccc2n1S(C)=O. The second-order valence-electron chi connectivity index (χ2n) is 7.38. The van der Waals surface area contributed by atoms with Crippen LogP contribution in [0.15, 0.2) is 66.0 Å². The normalized spacial score (nSPS) is 13.4. The van der Waals surface area contributed by atoms with Crippen LogP contribution in [-0.2, 0) is 21.8 Å². The predicted molar refractivity (Wildman–Crippen MR) is 130 cm³/mol. The van der Waals surface area contributed by atoms with E-state index < -0.39 is 21.8 Å². The van der Waals surface area contributed by atoms with Gasteiger partial charge < -0.3 is 9.72 Å². The number of H-pyrrole nitrogens is 1. The lowest BCUT2D eigenvalue weighted by Gasteiger charge is -2.12. The number of imidazole rings is 2. The van der Waals surface area contributed by atoms with E-state index in [1.54, 1.807) is 22.5 Å². The molecule has 1 N–H and O–H groups in total. The predicted octanol–water partition coefficient (Wildman–Crippen LogP) is 3.61. The second-order valence-corrected chi connectivity index (χ2v) is 10.1. The Kier molecular flexibility index (Phi) is 5.77. The van der Waals surface area contributed by atoms with Gasteiger partial charge in [0.15, 0.2) is 11.0 Å². The highest BCUT2D eigenvalue weighted by Crippen LogP contribution is 2.30. The molecule has 2 aromatic carbocycles. The van der Waals surface area contributed by atoms with Crippen molar-refractivity contribution in [2.75, 3.05) is 18.6 Å². The van der Waals surface area contributed by atoms with Gasteiger partial charge in [0.05, 0.1) is 38.6 Å². The molecular weight excluding hydrogens is 458 g/mol. The molecule has 0 saturated carbocycles. The molecule has 2 atom stereocenters. The highest BCUT2D eigenvalue weighted by atomic mass is 32.2. The Morgan fingerprint density at radius 2 is 1.76 bits per heavy atom. The number of pyridine rings is 1. The zero-order valence-corrected chi connectivity index (χ0v) is 19.7. The molecule has 0 spiro atoms. The van der Waals surface area contributed by atoms with E-state index >= 15 is 0 Å². The summed E-state index contributed by atoms with van der Waals surface area (Å²) in [5, 5.41) is 0.436. The largest absolute Gasteiger partial charge is 0.492 e. The third-order valence-electron chi connectivity index (χ3n) is 5.25. The van der Waals surface area contributed by atoms with Crippen LogP contribution in [0.2, 0.25) is 0 Å². The van der Waals surface area contributed by atoms with Crippen LogP contribution in [0.3, 0.4) is 0 Å². The Morgan fingerprint density at radius 3 is 2.55 bits per heavy atom. The minimum absolute atomic E-state index is 0.240. The van der Waals surface area contributed by atoms with E-state index in [0.717, 1.165) is 27.6 Å². The first-order valence-electron chi connectivity index (χ1n) is 10.3. The number of rotatable bonds is 7. The van der Waals surface area contributed by atoms with E-state index in [1.807, 2.05) is 55.5 Å². The lowest BCUT2D eigenvalue weighted by molar-refractivity contribution is 0.340. The molecule has 0 aliphatic carbocycles. The molecule has 0 saturated heterocycles. The molecule has 0 amide bonds. The first kappa shape index (κ1) is 21.5. The van der Waals surface area contributed by atoms with Crippen molar-refractivity contribution in [3.63, 3.8) is 0 Å². The van der Waals surface area contributed by atoms with Gasteiger partial charge >= 0.3 is 0 Å². The fourth-order valence-electron chi connectivity index (χ4n) is 3.67. The summed E-state index contributed by atoms with van der Waals surface area (Å²) in [5.41, 5.74) is 4.53. The zero-order valence-electron chi connectivity index (χ0n) is 18.0. The first-order chi connectivity index (χ1) is 16.0. The van der Waals surface area contributed by atoms with Gasteiger partial charge in [-0.1, -0.05) is 24.3 Å². The van der Waals surface area contributed by atoms with Gasteiger partial charge in [-0.2, -0.15) is 0 Å². The summed E-state index contributed by atoms with van der Waals surface area (Å²) in [7, 11) is -2.64. The molecule has 5 rings (SSSR count). The molecule has 0 aliphatic rings. The average Bonchev–Trinajstić information content (AvgIpc) is 3.42. The second kappa shape index (κ2) is 8.87. The Labute approximate surface area is 195 Å². The van der Waals surface area contributed by atoms with Gasteiger partial charge in [-0.05, 0) is 37.3 Å². The molecule has 0 aliphatic heterocycles. The summed E-state index contributed by atoms with van der Waals surface area (Å²) in [5.74, 6) is 1.42. The Balaban J connectivity index is 1.37. The van der Waals surface area contributed by atoms with Crippen molar-refractivity contribution >= 4 is 43.9 Å². The van der Waals surface area contributed by atoms with Crippen molar-refractivity contribution in [1.82, 2.24) is 23.9 Å². The van der Waals surface area contributed by atoms with Gasteiger partial charge in [0.2, 0.25) is 0 Å². The minimum atomic E-state index is -1.32. The van der Waals surface area contributed by atoms with Crippen LogP contribution < -0.4 is 4.74 Å². The summed E-state index contributed by atoms with van der Waals surface area (Å²) < 4.78 is 32.8. The molecule has 3 aromatic heterocycles.